The SMILES string of the molecule is CCc1ccc(Cc2cc(C3O[C@H](CC)[C@@H](C)[C@H](OCc4ccccc4)[C@H]3OCc3ccccc3)c(O)c(Br)c2Cl)cc1. The second-order valence-electron chi connectivity index (χ2n) is 11.3. The zero-order chi connectivity index (χ0) is 30.3. The second-order valence-corrected chi connectivity index (χ2v) is 12.5. The minimum Gasteiger partial charge on any atom is -0.506 e. The molecule has 4 aromatic rings. The molecule has 1 saturated heterocycles. The average Bonchev–Trinajstić information content (AvgIpc) is 3.05. The first-order chi connectivity index (χ1) is 20.9. The van der Waals surface area contributed by atoms with Gasteiger partial charge in [0, 0.05) is 11.5 Å². The molecule has 0 amide bonds. The maximum Gasteiger partial charge on any atom is 0.137 e. The average molecular weight is 664 g/mol. The molecule has 5 atom stereocenters. The van der Waals surface area contributed by atoms with E-state index in [0.29, 0.717) is 34.7 Å². The smallest absolute Gasteiger partial charge is 0.137 e. The maximum absolute atomic E-state index is 11.5. The lowest BCUT2D eigenvalue weighted by molar-refractivity contribution is -0.235. The van der Waals surface area contributed by atoms with E-state index in [0.717, 1.165) is 35.1 Å². The standard InChI is InChI=1S/C37H40BrClO4/c1-4-25-16-18-26(19-17-25)20-29-21-30(34(40)32(38)33(29)39)36-37(42-23-28-14-10-7-11-15-28)35(24(3)31(5-2)43-36)41-22-27-12-8-6-9-13-27/h6-19,21,24,31,35-37,40H,4-5,20,22-23H2,1-3H3/t24-,31-,35+,36?,37-/m1/s1. The molecule has 0 radical (unpaired) electrons. The Morgan fingerprint density at radius 3 is 1.91 bits per heavy atom. The molecular formula is C37H40BrClO4. The van der Waals surface area contributed by atoms with E-state index in [2.05, 4.69) is 85.2 Å². The number of benzene rings is 4. The lowest BCUT2D eigenvalue weighted by atomic mass is 9.83. The minimum atomic E-state index is -0.569. The fourth-order valence-electron chi connectivity index (χ4n) is 5.90. The predicted molar refractivity (Wildman–Crippen MR) is 177 cm³/mol. The topological polar surface area (TPSA) is 47.9 Å². The zero-order valence-corrected chi connectivity index (χ0v) is 27.4. The van der Waals surface area contributed by atoms with Crippen LogP contribution >= 0.6 is 27.5 Å². The quantitative estimate of drug-likeness (QED) is 0.174. The number of rotatable bonds is 11. The lowest BCUT2D eigenvalue weighted by Crippen LogP contribution is -2.51. The van der Waals surface area contributed by atoms with Gasteiger partial charge in [0.25, 0.3) is 0 Å². The van der Waals surface area contributed by atoms with Crippen molar-refractivity contribution in [3.63, 3.8) is 0 Å². The zero-order valence-electron chi connectivity index (χ0n) is 25.0. The highest BCUT2D eigenvalue weighted by Gasteiger charge is 2.46. The maximum atomic E-state index is 11.5. The van der Waals surface area contributed by atoms with Gasteiger partial charge in [0.1, 0.15) is 18.0 Å². The Morgan fingerprint density at radius 1 is 0.791 bits per heavy atom. The molecule has 0 bridgehead atoms. The van der Waals surface area contributed by atoms with E-state index in [4.69, 9.17) is 25.8 Å². The summed E-state index contributed by atoms with van der Waals surface area (Å²) in [5, 5.41) is 12.0. The van der Waals surface area contributed by atoms with Gasteiger partial charge in [-0.3, -0.25) is 0 Å². The normalized spacial score (nSPS) is 22.0. The van der Waals surface area contributed by atoms with E-state index in [1.165, 1.54) is 5.56 Å². The first-order valence-electron chi connectivity index (χ1n) is 15.1. The molecule has 1 heterocycles. The Bertz CT molecular complexity index is 1460. The highest BCUT2D eigenvalue weighted by molar-refractivity contribution is 9.10. The van der Waals surface area contributed by atoms with E-state index in [1.54, 1.807) is 0 Å². The van der Waals surface area contributed by atoms with E-state index in [9.17, 15) is 5.11 Å². The van der Waals surface area contributed by atoms with Crippen LogP contribution in [-0.4, -0.2) is 23.4 Å². The van der Waals surface area contributed by atoms with Crippen LogP contribution in [0, 0.1) is 5.92 Å². The third-order valence-corrected chi connectivity index (χ3v) is 9.87. The summed E-state index contributed by atoms with van der Waals surface area (Å²) in [5.41, 5.74) is 6.15. The summed E-state index contributed by atoms with van der Waals surface area (Å²) < 4.78 is 20.6. The van der Waals surface area contributed by atoms with Gasteiger partial charge < -0.3 is 19.3 Å². The Morgan fingerprint density at radius 2 is 1.35 bits per heavy atom. The molecule has 0 aliphatic carbocycles. The molecule has 0 aromatic heterocycles. The van der Waals surface area contributed by atoms with Gasteiger partial charge >= 0.3 is 0 Å². The van der Waals surface area contributed by atoms with Gasteiger partial charge in [-0.05, 0) is 69.1 Å². The number of aryl methyl sites for hydroxylation is 1. The third kappa shape index (κ3) is 7.53. The molecule has 43 heavy (non-hydrogen) atoms. The van der Waals surface area contributed by atoms with Gasteiger partial charge in [0.2, 0.25) is 0 Å². The van der Waals surface area contributed by atoms with Gasteiger partial charge in [-0.15, -0.1) is 0 Å². The van der Waals surface area contributed by atoms with Crippen LogP contribution in [0.2, 0.25) is 5.02 Å². The highest BCUT2D eigenvalue weighted by atomic mass is 79.9. The third-order valence-electron chi connectivity index (χ3n) is 8.44. The second kappa shape index (κ2) is 14.9. The number of phenolic OH excluding ortho intramolecular Hbond substituents is 1. The van der Waals surface area contributed by atoms with Crippen LogP contribution in [0.1, 0.15) is 66.7 Å². The van der Waals surface area contributed by atoms with Crippen LogP contribution < -0.4 is 0 Å². The van der Waals surface area contributed by atoms with Crippen molar-refractivity contribution in [1.82, 2.24) is 0 Å². The van der Waals surface area contributed by atoms with Crippen LogP contribution in [-0.2, 0) is 40.3 Å². The number of hydrogen-bond acceptors (Lipinski definition) is 4. The summed E-state index contributed by atoms with van der Waals surface area (Å²) in [6.45, 7) is 7.30. The Labute approximate surface area is 269 Å². The number of ether oxygens (including phenoxy) is 3. The van der Waals surface area contributed by atoms with Crippen molar-refractivity contribution in [3.8, 4) is 5.75 Å². The van der Waals surface area contributed by atoms with Crippen molar-refractivity contribution < 1.29 is 19.3 Å². The number of aromatic hydroxyl groups is 1. The predicted octanol–water partition coefficient (Wildman–Crippen LogP) is 9.62. The molecule has 1 fully saturated rings. The fraction of sp³-hybridized carbons (Fsp3) is 0.351. The van der Waals surface area contributed by atoms with E-state index >= 15 is 0 Å². The molecule has 4 aromatic carbocycles. The summed E-state index contributed by atoms with van der Waals surface area (Å²) in [4.78, 5) is 0. The van der Waals surface area contributed by atoms with E-state index in [1.807, 2.05) is 42.5 Å². The number of halogens is 2. The first kappa shape index (κ1) is 31.7. The van der Waals surface area contributed by atoms with Crippen LogP contribution in [0.3, 0.4) is 0 Å². The van der Waals surface area contributed by atoms with Crippen LogP contribution in [0.5, 0.6) is 5.75 Å². The van der Waals surface area contributed by atoms with Crippen LogP contribution in [0.4, 0.5) is 0 Å². The molecule has 0 spiro atoms. The summed E-state index contributed by atoms with van der Waals surface area (Å²) in [5.74, 6) is 0.139. The monoisotopic (exact) mass is 662 g/mol. The summed E-state index contributed by atoms with van der Waals surface area (Å²) in [7, 11) is 0. The number of hydrogen-bond donors (Lipinski definition) is 1. The highest BCUT2D eigenvalue weighted by Crippen LogP contribution is 2.47. The summed E-state index contributed by atoms with van der Waals surface area (Å²) >= 11 is 10.4. The molecule has 226 valence electrons. The van der Waals surface area contributed by atoms with Gasteiger partial charge in [-0.25, -0.2) is 0 Å². The Balaban J connectivity index is 1.52. The number of phenols is 1. The lowest BCUT2D eigenvalue weighted by Gasteiger charge is -2.46. The minimum absolute atomic E-state index is 0.0691. The van der Waals surface area contributed by atoms with Crippen molar-refractivity contribution >= 4 is 27.5 Å². The molecule has 4 nitrogen and oxygen atoms in total. The Hall–Kier alpha value is -2.67. The van der Waals surface area contributed by atoms with Gasteiger partial charge in [-0.1, -0.05) is 117 Å². The van der Waals surface area contributed by atoms with Crippen molar-refractivity contribution in [2.24, 2.45) is 5.92 Å². The molecule has 6 heteroatoms. The molecule has 1 unspecified atom stereocenters. The largest absolute Gasteiger partial charge is 0.506 e. The van der Waals surface area contributed by atoms with E-state index in [-0.39, 0.29) is 23.9 Å². The first-order valence-corrected chi connectivity index (χ1v) is 16.3. The summed E-state index contributed by atoms with van der Waals surface area (Å²) in [6, 6.07) is 30.9. The molecular weight excluding hydrogens is 624 g/mol. The molecule has 1 N–H and O–H groups in total. The molecule has 1 aliphatic heterocycles. The van der Waals surface area contributed by atoms with Gasteiger partial charge in [0.05, 0.1) is 34.9 Å². The molecule has 1 aliphatic rings. The Kier molecular flexibility index (Phi) is 11.0. The van der Waals surface area contributed by atoms with Gasteiger partial charge in [0.15, 0.2) is 0 Å². The van der Waals surface area contributed by atoms with Crippen LogP contribution in [0.25, 0.3) is 0 Å². The van der Waals surface area contributed by atoms with Crippen LogP contribution in [0.15, 0.2) is 95.5 Å². The van der Waals surface area contributed by atoms with Crippen molar-refractivity contribution in [3.05, 3.63) is 134 Å². The van der Waals surface area contributed by atoms with Crippen molar-refractivity contribution in [2.45, 2.75) is 77.7 Å². The molecule has 0 saturated carbocycles. The molecule has 5 rings (SSSR count). The van der Waals surface area contributed by atoms with E-state index < -0.39 is 12.2 Å². The van der Waals surface area contributed by atoms with Gasteiger partial charge in [-0.2, -0.15) is 0 Å². The van der Waals surface area contributed by atoms with Crippen molar-refractivity contribution in [2.75, 3.05) is 0 Å². The summed E-state index contributed by atoms with van der Waals surface area (Å²) in [6.07, 6.45) is 1.02. The van der Waals surface area contributed by atoms with Crippen molar-refractivity contribution in [1.29, 1.82) is 0 Å². The fourth-order valence-corrected chi connectivity index (χ4v) is 6.60.